The Kier molecular flexibility index (Phi) is 4.13. The van der Waals surface area contributed by atoms with Crippen molar-refractivity contribution in [3.8, 4) is 0 Å². The van der Waals surface area contributed by atoms with Gasteiger partial charge in [-0.1, -0.05) is 36.1 Å². The fourth-order valence-electron chi connectivity index (χ4n) is 2.88. The Morgan fingerprint density at radius 2 is 1.87 bits per heavy atom. The molecule has 3 aliphatic rings. The summed E-state index contributed by atoms with van der Waals surface area (Å²) in [5.41, 5.74) is 2.24. The summed E-state index contributed by atoms with van der Waals surface area (Å²) in [6.07, 6.45) is 4.10. The van der Waals surface area contributed by atoms with Crippen LogP contribution < -0.4 is 4.90 Å². The van der Waals surface area contributed by atoms with Crippen LogP contribution in [0.3, 0.4) is 0 Å². The zero-order valence-corrected chi connectivity index (χ0v) is 14.4. The van der Waals surface area contributed by atoms with Crippen molar-refractivity contribution < 1.29 is 9.53 Å². The Bertz CT molecular complexity index is 662. The van der Waals surface area contributed by atoms with Crippen molar-refractivity contribution in [1.29, 1.82) is 0 Å². The molecule has 0 spiro atoms. The van der Waals surface area contributed by atoms with E-state index in [9.17, 15) is 4.79 Å². The molecule has 4 nitrogen and oxygen atoms in total. The molecule has 120 valence electrons. The fourth-order valence-corrected chi connectivity index (χ4v) is 4.28. The predicted octanol–water partition coefficient (Wildman–Crippen LogP) is 2.89. The molecule has 1 aromatic carbocycles. The third kappa shape index (κ3) is 3.16. The van der Waals surface area contributed by atoms with Crippen LogP contribution in [0, 0.1) is 0 Å². The number of carbonyl (C=O) groups excluding carboxylic acids is 1. The maximum Gasteiger partial charge on any atom is 0.266 e. The van der Waals surface area contributed by atoms with Gasteiger partial charge in [-0.25, -0.2) is 0 Å². The van der Waals surface area contributed by atoms with Crippen LogP contribution in [0.4, 0.5) is 5.69 Å². The van der Waals surface area contributed by atoms with Crippen molar-refractivity contribution in [3.05, 3.63) is 34.7 Å². The molecule has 0 aromatic heterocycles. The molecule has 23 heavy (non-hydrogen) atoms. The minimum atomic E-state index is 0.0692. The molecule has 2 saturated heterocycles. The van der Waals surface area contributed by atoms with Gasteiger partial charge in [0, 0.05) is 24.8 Å². The minimum absolute atomic E-state index is 0.0692. The zero-order chi connectivity index (χ0) is 15.8. The minimum Gasteiger partial charge on any atom is -0.378 e. The molecule has 6 heteroatoms. The molecule has 2 heterocycles. The average molecular weight is 346 g/mol. The second-order valence-electron chi connectivity index (χ2n) is 5.97. The van der Waals surface area contributed by atoms with E-state index in [1.165, 1.54) is 17.4 Å². The molecule has 1 amide bonds. The van der Waals surface area contributed by atoms with Crippen molar-refractivity contribution in [3.63, 3.8) is 0 Å². The number of anilines is 1. The third-order valence-corrected chi connectivity index (χ3v) is 5.63. The van der Waals surface area contributed by atoms with E-state index in [1.54, 1.807) is 4.90 Å². The first kappa shape index (κ1) is 15.2. The number of thiocarbonyl (C=S) groups is 1. The second-order valence-corrected chi connectivity index (χ2v) is 7.65. The molecule has 1 aromatic rings. The summed E-state index contributed by atoms with van der Waals surface area (Å²) in [4.78, 5) is 17.3. The number of carbonyl (C=O) groups is 1. The fraction of sp³-hybridized carbons (Fsp3) is 0.412. The Labute approximate surface area is 145 Å². The number of morpholine rings is 1. The van der Waals surface area contributed by atoms with E-state index in [1.807, 2.05) is 6.08 Å². The van der Waals surface area contributed by atoms with Crippen LogP contribution in [-0.4, -0.2) is 47.5 Å². The lowest BCUT2D eigenvalue weighted by Crippen LogP contribution is -2.36. The van der Waals surface area contributed by atoms with Gasteiger partial charge in [0.15, 0.2) is 0 Å². The van der Waals surface area contributed by atoms with E-state index in [0.717, 1.165) is 49.6 Å². The Hall–Kier alpha value is -1.37. The SMILES string of the molecule is O=C1C(=Cc2ccc(N3CCOCC3)cc2)SC(=S)N1C1CC1. The molecular weight excluding hydrogens is 328 g/mol. The van der Waals surface area contributed by atoms with Crippen LogP contribution in [0.2, 0.25) is 0 Å². The molecule has 0 atom stereocenters. The number of amides is 1. The van der Waals surface area contributed by atoms with Crippen molar-refractivity contribution in [2.24, 2.45) is 0 Å². The number of ether oxygens (including phenoxy) is 1. The summed E-state index contributed by atoms with van der Waals surface area (Å²) in [5, 5.41) is 0. The third-order valence-electron chi connectivity index (χ3n) is 4.30. The first-order chi connectivity index (χ1) is 11.2. The van der Waals surface area contributed by atoms with Crippen LogP contribution >= 0.6 is 24.0 Å². The number of hydrogen-bond donors (Lipinski definition) is 0. The average Bonchev–Trinajstić information content (AvgIpc) is 3.36. The maximum atomic E-state index is 12.4. The van der Waals surface area contributed by atoms with E-state index >= 15 is 0 Å². The van der Waals surface area contributed by atoms with Gasteiger partial charge in [0.1, 0.15) is 4.32 Å². The molecule has 0 unspecified atom stereocenters. The van der Waals surface area contributed by atoms with Gasteiger partial charge >= 0.3 is 0 Å². The van der Waals surface area contributed by atoms with E-state index in [0.29, 0.717) is 10.4 Å². The van der Waals surface area contributed by atoms with Gasteiger partial charge < -0.3 is 9.64 Å². The molecule has 0 N–H and O–H groups in total. The molecule has 1 aliphatic carbocycles. The van der Waals surface area contributed by atoms with Gasteiger partial charge in [-0.3, -0.25) is 9.69 Å². The van der Waals surface area contributed by atoms with Crippen LogP contribution in [0.15, 0.2) is 29.2 Å². The summed E-state index contributed by atoms with van der Waals surface area (Å²) in [6, 6.07) is 8.69. The van der Waals surface area contributed by atoms with Gasteiger partial charge in [0.05, 0.1) is 18.1 Å². The molecule has 0 radical (unpaired) electrons. The summed E-state index contributed by atoms with van der Waals surface area (Å²) in [5.74, 6) is 0.0692. The monoisotopic (exact) mass is 346 g/mol. The van der Waals surface area contributed by atoms with Crippen molar-refractivity contribution in [2.45, 2.75) is 18.9 Å². The van der Waals surface area contributed by atoms with Crippen molar-refractivity contribution >= 4 is 46.0 Å². The Balaban J connectivity index is 1.50. The highest BCUT2D eigenvalue weighted by molar-refractivity contribution is 8.26. The van der Waals surface area contributed by atoms with Gasteiger partial charge in [-0.2, -0.15) is 0 Å². The number of thioether (sulfide) groups is 1. The highest BCUT2D eigenvalue weighted by atomic mass is 32.2. The molecule has 4 rings (SSSR count). The highest BCUT2D eigenvalue weighted by Gasteiger charge is 2.41. The molecular formula is C17H18N2O2S2. The Morgan fingerprint density at radius 1 is 1.17 bits per heavy atom. The largest absolute Gasteiger partial charge is 0.378 e. The lowest BCUT2D eigenvalue weighted by atomic mass is 10.1. The normalized spacial score (nSPS) is 23.9. The molecule has 2 aliphatic heterocycles. The van der Waals surface area contributed by atoms with Crippen LogP contribution in [0.5, 0.6) is 0 Å². The van der Waals surface area contributed by atoms with Crippen LogP contribution in [-0.2, 0) is 9.53 Å². The first-order valence-corrected chi connectivity index (χ1v) is 9.15. The van der Waals surface area contributed by atoms with Gasteiger partial charge in [0.2, 0.25) is 0 Å². The summed E-state index contributed by atoms with van der Waals surface area (Å²) < 4.78 is 6.08. The highest BCUT2D eigenvalue weighted by Crippen LogP contribution is 2.40. The maximum absolute atomic E-state index is 12.4. The van der Waals surface area contributed by atoms with Crippen LogP contribution in [0.25, 0.3) is 6.08 Å². The number of hydrogen-bond acceptors (Lipinski definition) is 5. The molecule has 0 bridgehead atoms. The zero-order valence-electron chi connectivity index (χ0n) is 12.7. The Morgan fingerprint density at radius 3 is 2.52 bits per heavy atom. The summed E-state index contributed by atoms with van der Waals surface area (Å²) in [6.45, 7) is 3.43. The predicted molar refractivity (Wildman–Crippen MR) is 97.5 cm³/mol. The quantitative estimate of drug-likeness (QED) is 0.621. The number of benzene rings is 1. The second kappa shape index (κ2) is 6.26. The molecule has 3 fully saturated rings. The number of rotatable bonds is 3. The van der Waals surface area contributed by atoms with Gasteiger partial charge in [0.25, 0.3) is 5.91 Å². The lowest BCUT2D eigenvalue weighted by molar-refractivity contribution is -0.122. The van der Waals surface area contributed by atoms with E-state index < -0.39 is 0 Å². The van der Waals surface area contributed by atoms with E-state index in [-0.39, 0.29) is 5.91 Å². The topological polar surface area (TPSA) is 32.8 Å². The van der Waals surface area contributed by atoms with E-state index in [2.05, 4.69) is 29.2 Å². The summed E-state index contributed by atoms with van der Waals surface area (Å²) in [7, 11) is 0. The summed E-state index contributed by atoms with van der Waals surface area (Å²) >= 11 is 6.76. The number of nitrogens with zero attached hydrogens (tertiary/aromatic N) is 2. The first-order valence-electron chi connectivity index (χ1n) is 7.92. The van der Waals surface area contributed by atoms with Crippen molar-refractivity contribution in [1.82, 2.24) is 4.90 Å². The van der Waals surface area contributed by atoms with E-state index in [4.69, 9.17) is 17.0 Å². The van der Waals surface area contributed by atoms with Crippen LogP contribution in [0.1, 0.15) is 18.4 Å². The van der Waals surface area contributed by atoms with Gasteiger partial charge in [-0.15, -0.1) is 0 Å². The van der Waals surface area contributed by atoms with Crippen molar-refractivity contribution in [2.75, 3.05) is 31.2 Å². The standard InChI is InChI=1S/C17H18N2O2S2/c20-16-15(23-17(22)19(16)14-5-6-14)11-12-1-3-13(4-2-12)18-7-9-21-10-8-18/h1-4,11,14H,5-10H2. The smallest absolute Gasteiger partial charge is 0.266 e. The molecule has 1 saturated carbocycles. The lowest BCUT2D eigenvalue weighted by Gasteiger charge is -2.28. The van der Waals surface area contributed by atoms with Gasteiger partial charge in [-0.05, 0) is 36.6 Å².